The molecule has 2 amide bonds. The molecular weight excluding hydrogens is 554 g/mol. The Kier molecular flexibility index (Phi) is 8.97. The van der Waals surface area contributed by atoms with Gasteiger partial charge in [-0.3, -0.25) is 9.59 Å². The Morgan fingerprint density at radius 3 is 2.24 bits per heavy atom. The van der Waals surface area contributed by atoms with Crippen LogP contribution in [-0.2, 0) is 11.3 Å². The average Bonchev–Trinajstić information content (AvgIpc) is 3.35. The molecule has 0 unspecified atom stereocenters. The van der Waals surface area contributed by atoms with E-state index < -0.39 is 0 Å². The summed E-state index contributed by atoms with van der Waals surface area (Å²) in [5.74, 6) is 0.714. The average molecular weight is 590 g/mol. The van der Waals surface area contributed by atoms with E-state index in [0.29, 0.717) is 22.5 Å². The smallest absolute Gasteiger partial charge is 0.266 e. The Morgan fingerprint density at radius 2 is 1.61 bits per heavy atom. The molecule has 1 fully saturated rings. The number of amides is 2. The molecule has 0 aliphatic heterocycles. The molecule has 1 aliphatic carbocycles. The summed E-state index contributed by atoms with van der Waals surface area (Å²) in [5.41, 5.74) is 3.81. The van der Waals surface area contributed by atoms with Gasteiger partial charge in [-0.1, -0.05) is 48.0 Å². The van der Waals surface area contributed by atoms with Gasteiger partial charge in [0.1, 0.15) is 10.6 Å². The number of carbonyl (C=O) groups is 2. The highest BCUT2D eigenvalue weighted by Gasteiger charge is 2.33. The summed E-state index contributed by atoms with van der Waals surface area (Å²) >= 11 is 8.28. The number of carbonyl (C=O) groups excluding carboxylic acids is 2. The second kappa shape index (κ2) is 12.6. The minimum atomic E-state index is -0.0294. The number of hydrogen-bond donors (Lipinski definition) is 0. The number of fused-ring (bicyclic) bond motifs is 1. The number of hydrogen-bond acceptors (Lipinski definition) is 5. The van der Waals surface area contributed by atoms with E-state index in [2.05, 4.69) is 25.1 Å². The normalized spacial score (nSPS) is 17.0. The van der Waals surface area contributed by atoms with E-state index in [-0.39, 0.29) is 11.9 Å². The maximum atomic E-state index is 14.3. The van der Waals surface area contributed by atoms with Crippen LogP contribution in [0.5, 0.6) is 5.75 Å². The number of halogens is 1. The first kappa shape index (κ1) is 29.1. The Labute approximate surface area is 251 Å². The topological polar surface area (TPSA) is 53.1 Å². The molecule has 0 bridgehead atoms. The third kappa shape index (κ3) is 6.13. The van der Waals surface area contributed by atoms with Crippen LogP contribution < -0.4 is 9.64 Å². The molecular formula is C33H36ClN3O3S. The van der Waals surface area contributed by atoms with Gasteiger partial charge in [0.05, 0.1) is 12.1 Å². The second-order valence-electron chi connectivity index (χ2n) is 10.9. The van der Waals surface area contributed by atoms with E-state index in [1.807, 2.05) is 65.6 Å². The molecule has 41 heavy (non-hydrogen) atoms. The lowest BCUT2D eigenvalue weighted by Crippen LogP contribution is -2.44. The highest BCUT2D eigenvalue weighted by molar-refractivity contribution is 7.21. The van der Waals surface area contributed by atoms with Gasteiger partial charge in [-0.15, -0.1) is 11.3 Å². The summed E-state index contributed by atoms with van der Waals surface area (Å²) in [5, 5.41) is 1.45. The van der Waals surface area contributed by atoms with E-state index in [1.54, 1.807) is 14.2 Å². The minimum absolute atomic E-state index is 0.0294. The van der Waals surface area contributed by atoms with Crippen molar-refractivity contribution in [2.45, 2.75) is 44.3 Å². The number of benzene rings is 3. The number of anilines is 1. The molecule has 6 nitrogen and oxygen atoms in total. The largest absolute Gasteiger partial charge is 0.496 e. The summed E-state index contributed by atoms with van der Waals surface area (Å²) < 4.78 is 6.80. The lowest BCUT2D eigenvalue weighted by atomic mass is 9.89. The number of rotatable bonds is 9. The molecule has 0 saturated heterocycles. The van der Waals surface area contributed by atoms with E-state index in [4.69, 9.17) is 16.3 Å². The van der Waals surface area contributed by atoms with Gasteiger partial charge >= 0.3 is 0 Å². The van der Waals surface area contributed by atoms with Crippen LogP contribution in [0.15, 0.2) is 66.7 Å². The molecule has 0 N–H and O–H groups in total. The van der Waals surface area contributed by atoms with Gasteiger partial charge in [-0.25, -0.2) is 0 Å². The van der Waals surface area contributed by atoms with Crippen LogP contribution in [0.2, 0.25) is 5.02 Å². The Bertz CT molecular complexity index is 1530. The third-order valence-corrected chi connectivity index (χ3v) is 9.88. The van der Waals surface area contributed by atoms with Gasteiger partial charge in [0.2, 0.25) is 6.41 Å². The van der Waals surface area contributed by atoms with Crippen LogP contribution >= 0.6 is 22.9 Å². The quantitative estimate of drug-likeness (QED) is 0.192. The van der Waals surface area contributed by atoms with Gasteiger partial charge in [0.15, 0.2) is 0 Å². The molecule has 0 spiro atoms. The molecule has 0 atom stereocenters. The van der Waals surface area contributed by atoms with Crippen LogP contribution in [0, 0.1) is 0 Å². The van der Waals surface area contributed by atoms with Crippen LogP contribution in [0.25, 0.3) is 21.2 Å². The first-order valence-electron chi connectivity index (χ1n) is 13.9. The molecule has 5 rings (SSSR count). The summed E-state index contributed by atoms with van der Waals surface area (Å²) in [6.07, 6.45) is 4.75. The maximum Gasteiger partial charge on any atom is 0.266 e. The molecule has 1 heterocycles. The Morgan fingerprint density at radius 1 is 0.951 bits per heavy atom. The van der Waals surface area contributed by atoms with Gasteiger partial charge < -0.3 is 19.4 Å². The minimum Gasteiger partial charge on any atom is -0.496 e. The van der Waals surface area contributed by atoms with Crippen molar-refractivity contribution in [2.75, 3.05) is 33.2 Å². The first-order chi connectivity index (χ1) is 19.8. The van der Waals surface area contributed by atoms with E-state index in [1.165, 1.54) is 16.2 Å². The first-order valence-corrected chi connectivity index (χ1v) is 15.1. The zero-order chi connectivity index (χ0) is 29.1. The molecule has 3 aromatic carbocycles. The molecule has 4 aromatic rings. The van der Waals surface area contributed by atoms with Crippen LogP contribution in [0.4, 0.5) is 5.69 Å². The van der Waals surface area contributed by atoms with Crippen molar-refractivity contribution in [3.05, 3.63) is 82.2 Å². The fourth-order valence-electron chi connectivity index (χ4n) is 5.75. The molecule has 0 radical (unpaired) electrons. The van der Waals surface area contributed by atoms with Crippen molar-refractivity contribution in [2.24, 2.45) is 0 Å². The number of ether oxygens (including phenoxy) is 1. The van der Waals surface area contributed by atoms with E-state index in [0.717, 1.165) is 70.3 Å². The zero-order valence-electron chi connectivity index (χ0n) is 24.0. The van der Waals surface area contributed by atoms with Gasteiger partial charge in [0, 0.05) is 47.0 Å². The zero-order valence-corrected chi connectivity index (χ0v) is 25.5. The molecule has 214 valence electrons. The monoisotopic (exact) mass is 589 g/mol. The SMILES string of the molecule is COc1ccc(-c2ccc(N(C)C=O)cc2)cc1CN(C(=O)c1sc2ccccc2c1Cl)[C@H]1CC[C@H](N(C)C)CC1. The molecule has 1 aliphatic rings. The van der Waals surface area contributed by atoms with Crippen LogP contribution in [-0.4, -0.2) is 62.5 Å². The lowest BCUT2D eigenvalue weighted by molar-refractivity contribution is -0.107. The van der Waals surface area contributed by atoms with E-state index in [9.17, 15) is 9.59 Å². The van der Waals surface area contributed by atoms with Crippen LogP contribution in [0.3, 0.4) is 0 Å². The molecule has 1 aromatic heterocycles. The fraction of sp³-hybridized carbons (Fsp3) is 0.333. The third-order valence-electron chi connectivity index (χ3n) is 8.21. The fourth-order valence-corrected chi connectivity index (χ4v) is 7.22. The predicted molar refractivity (Wildman–Crippen MR) is 169 cm³/mol. The Balaban J connectivity index is 1.50. The van der Waals surface area contributed by atoms with Crippen molar-refractivity contribution >= 4 is 51.0 Å². The maximum absolute atomic E-state index is 14.3. The van der Waals surface area contributed by atoms with E-state index >= 15 is 0 Å². The standard InChI is InChI=1S/C33H36ClN3O3S/c1-35(2)25-14-16-27(17-15-25)37(33(39)32-31(34)28-7-5-6-8-30(28)41-32)20-24-19-23(11-18-29(24)40-4)22-9-12-26(13-10-22)36(3)21-38/h5-13,18-19,21,25,27H,14-17,20H2,1-4H3/t25-,27-. The Hall–Kier alpha value is -3.39. The number of thiophene rings is 1. The molecule has 8 heteroatoms. The number of nitrogens with zero attached hydrogens (tertiary/aromatic N) is 3. The van der Waals surface area contributed by atoms with Gasteiger partial charge in [0.25, 0.3) is 5.91 Å². The summed E-state index contributed by atoms with van der Waals surface area (Å²) in [6, 6.07) is 22.5. The lowest BCUT2D eigenvalue weighted by Gasteiger charge is -2.39. The van der Waals surface area contributed by atoms with Crippen molar-refractivity contribution in [3.63, 3.8) is 0 Å². The van der Waals surface area contributed by atoms with Crippen molar-refractivity contribution in [1.29, 1.82) is 0 Å². The van der Waals surface area contributed by atoms with Gasteiger partial charge in [-0.05, 0) is 81.2 Å². The number of methoxy groups -OCH3 is 1. The van der Waals surface area contributed by atoms with Gasteiger partial charge in [-0.2, -0.15) is 0 Å². The van der Waals surface area contributed by atoms with Crippen molar-refractivity contribution < 1.29 is 14.3 Å². The highest BCUT2D eigenvalue weighted by atomic mass is 35.5. The predicted octanol–water partition coefficient (Wildman–Crippen LogP) is 7.34. The van der Waals surface area contributed by atoms with Crippen LogP contribution in [0.1, 0.15) is 40.9 Å². The summed E-state index contributed by atoms with van der Waals surface area (Å²) in [7, 11) is 7.66. The summed E-state index contributed by atoms with van der Waals surface area (Å²) in [4.78, 5) is 31.9. The highest BCUT2D eigenvalue weighted by Crippen LogP contribution is 2.38. The second-order valence-corrected chi connectivity index (χ2v) is 12.3. The van der Waals surface area contributed by atoms with Crippen molar-refractivity contribution in [1.82, 2.24) is 9.80 Å². The van der Waals surface area contributed by atoms with Crippen molar-refractivity contribution in [3.8, 4) is 16.9 Å². The molecule has 1 saturated carbocycles. The summed E-state index contributed by atoms with van der Waals surface area (Å²) in [6.45, 7) is 0.420.